The Bertz CT molecular complexity index is 867. The first-order chi connectivity index (χ1) is 10.3. The van der Waals surface area contributed by atoms with Crippen LogP contribution in [0.2, 0.25) is 0 Å². The molecule has 0 spiro atoms. The molecule has 2 N–H and O–H groups in total. The van der Waals surface area contributed by atoms with E-state index in [9.17, 15) is 14.4 Å². The summed E-state index contributed by atoms with van der Waals surface area (Å²) in [6.45, 7) is 3.95. The molecule has 0 aromatic carbocycles. The number of carbonyl (C=O) groups is 1. The molecular formula is C14H18N4O3S. The first-order valence-corrected chi connectivity index (χ1v) is 7.74. The second-order valence-corrected chi connectivity index (χ2v) is 6.34. The molecule has 0 aliphatic carbocycles. The van der Waals surface area contributed by atoms with Gasteiger partial charge >= 0.3 is 5.69 Å². The number of fused-ring (bicyclic) bond motifs is 1. The zero-order valence-corrected chi connectivity index (χ0v) is 13.7. The van der Waals surface area contributed by atoms with Gasteiger partial charge in [0, 0.05) is 25.2 Å². The first-order valence-electron chi connectivity index (χ1n) is 6.75. The second kappa shape index (κ2) is 5.96. The van der Waals surface area contributed by atoms with Crippen molar-refractivity contribution in [2.45, 2.75) is 24.7 Å². The Labute approximate surface area is 131 Å². The summed E-state index contributed by atoms with van der Waals surface area (Å²) in [5, 5.41) is 0.349. The predicted molar refractivity (Wildman–Crippen MR) is 86.2 cm³/mol. The molecule has 2 rings (SSSR count). The Morgan fingerprint density at radius 2 is 1.95 bits per heavy atom. The van der Waals surface area contributed by atoms with E-state index < -0.39 is 17.2 Å². The first kappa shape index (κ1) is 16.3. The number of nitrogens with zero attached hydrogens (tertiary/aromatic N) is 3. The number of pyridine rings is 1. The van der Waals surface area contributed by atoms with Crippen LogP contribution >= 0.6 is 11.8 Å². The number of amides is 1. The monoisotopic (exact) mass is 322 g/mol. The average Bonchev–Trinajstić information content (AvgIpc) is 2.47. The van der Waals surface area contributed by atoms with Crippen molar-refractivity contribution in [3.05, 3.63) is 32.6 Å². The van der Waals surface area contributed by atoms with E-state index >= 15 is 0 Å². The number of rotatable bonds is 4. The summed E-state index contributed by atoms with van der Waals surface area (Å²) in [6, 6.07) is 0. The summed E-state index contributed by atoms with van der Waals surface area (Å²) in [4.78, 5) is 40.6. The highest BCUT2D eigenvalue weighted by atomic mass is 32.2. The number of carbonyl (C=O) groups excluding carboxylic acids is 1. The number of nitrogens with two attached hydrogens (primary N) is 1. The molecule has 0 aliphatic heterocycles. The minimum absolute atomic E-state index is 0.0603. The van der Waals surface area contributed by atoms with Gasteiger partial charge in [0.2, 0.25) is 5.91 Å². The average molecular weight is 322 g/mol. The van der Waals surface area contributed by atoms with Crippen LogP contribution in [0.25, 0.3) is 11.0 Å². The summed E-state index contributed by atoms with van der Waals surface area (Å²) in [7, 11) is 2.99. The smallest absolute Gasteiger partial charge is 0.332 e. The van der Waals surface area contributed by atoms with Crippen molar-refractivity contribution in [1.82, 2.24) is 14.1 Å². The minimum atomic E-state index is -0.466. The molecule has 0 aliphatic rings. The molecule has 22 heavy (non-hydrogen) atoms. The summed E-state index contributed by atoms with van der Waals surface area (Å²) in [5.74, 6) is -0.286. The molecule has 0 bridgehead atoms. The van der Waals surface area contributed by atoms with Crippen molar-refractivity contribution >= 4 is 28.7 Å². The molecule has 1 amide bonds. The SMILES string of the molecule is CC(C)c1cnc2c(c1SCC(N)=O)c(=O)n(C)c(=O)n2C. The lowest BCUT2D eigenvalue weighted by Gasteiger charge is -2.15. The maximum Gasteiger partial charge on any atom is 0.332 e. The van der Waals surface area contributed by atoms with Crippen molar-refractivity contribution in [3.8, 4) is 0 Å². The topological polar surface area (TPSA) is 100.0 Å². The maximum absolute atomic E-state index is 12.5. The van der Waals surface area contributed by atoms with E-state index in [1.54, 1.807) is 13.2 Å². The highest BCUT2D eigenvalue weighted by molar-refractivity contribution is 8.00. The van der Waals surface area contributed by atoms with Crippen LogP contribution in [0.15, 0.2) is 20.7 Å². The van der Waals surface area contributed by atoms with E-state index in [0.717, 1.165) is 10.1 Å². The van der Waals surface area contributed by atoms with Gasteiger partial charge < -0.3 is 5.73 Å². The molecule has 7 nitrogen and oxygen atoms in total. The van der Waals surface area contributed by atoms with Crippen LogP contribution in [0.1, 0.15) is 25.3 Å². The third-order valence-corrected chi connectivity index (χ3v) is 4.59. The molecule has 118 valence electrons. The summed E-state index contributed by atoms with van der Waals surface area (Å²) >= 11 is 1.21. The molecule has 2 aromatic heterocycles. The van der Waals surface area contributed by atoms with E-state index in [2.05, 4.69) is 4.98 Å². The predicted octanol–water partition coefficient (Wildman–Crippen LogP) is 0.333. The lowest BCUT2D eigenvalue weighted by molar-refractivity contribution is -0.115. The molecule has 0 saturated heterocycles. The van der Waals surface area contributed by atoms with E-state index in [1.807, 2.05) is 13.8 Å². The molecule has 0 radical (unpaired) electrons. The number of aromatic nitrogens is 3. The van der Waals surface area contributed by atoms with E-state index in [4.69, 9.17) is 5.73 Å². The number of aryl methyl sites for hydroxylation is 1. The minimum Gasteiger partial charge on any atom is -0.369 e. The van der Waals surface area contributed by atoms with Gasteiger partial charge in [-0.3, -0.25) is 18.7 Å². The Morgan fingerprint density at radius 1 is 1.32 bits per heavy atom. The fourth-order valence-electron chi connectivity index (χ4n) is 2.23. The fraction of sp³-hybridized carbons (Fsp3) is 0.429. The van der Waals surface area contributed by atoms with Gasteiger partial charge in [-0.2, -0.15) is 0 Å². The standard InChI is InChI=1S/C14H18N4O3S/c1-7(2)8-5-16-12-10(11(8)22-6-9(15)19)13(20)18(4)14(21)17(12)3/h5,7H,6H2,1-4H3,(H2,15,19). The zero-order valence-electron chi connectivity index (χ0n) is 12.9. The van der Waals surface area contributed by atoms with Crippen LogP contribution in [-0.4, -0.2) is 25.8 Å². The largest absolute Gasteiger partial charge is 0.369 e. The quantitative estimate of drug-likeness (QED) is 0.818. The summed E-state index contributed by atoms with van der Waals surface area (Å²) in [6.07, 6.45) is 1.65. The van der Waals surface area contributed by atoms with Crippen LogP contribution in [0.4, 0.5) is 0 Å². The van der Waals surface area contributed by atoms with Crippen LogP contribution < -0.4 is 17.0 Å². The molecule has 2 heterocycles. The third kappa shape index (κ3) is 2.66. The normalized spacial score (nSPS) is 11.3. The molecule has 2 aromatic rings. The second-order valence-electron chi connectivity index (χ2n) is 5.36. The zero-order chi connectivity index (χ0) is 16.6. The van der Waals surface area contributed by atoms with Crippen molar-refractivity contribution in [2.75, 3.05) is 5.75 Å². The van der Waals surface area contributed by atoms with Gasteiger partial charge in [0.05, 0.1) is 11.1 Å². The maximum atomic E-state index is 12.5. The van der Waals surface area contributed by atoms with Crippen LogP contribution in [0.3, 0.4) is 0 Å². The number of primary amides is 1. The fourth-order valence-corrected chi connectivity index (χ4v) is 3.29. The Morgan fingerprint density at radius 3 is 2.50 bits per heavy atom. The molecule has 0 atom stereocenters. The Balaban J connectivity index is 2.92. The summed E-state index contributed by atoms with van der Waals surface area (Å²) < 4.78 is 2.37. The van der Waals surface area contributed by atoms with E-state index in [0.29, 0.717) is 15.9 Å². The van der Waals surface area contributed by atoms with Crippen molar-refractivity contribution in [1.29, 1.82) is 0 Å². The third-order valence-electron chi connectivity index (χ3n) is 3.43. The Hall–Kier alpha value is -2.09. The Kier molecular flexibility index (Phi) is 4.41. The van der Waals surface area contributed by atoms with Gasteiger partial charge in [-0.25, -0.2) is 9.78 Å². The lowest BCUT2D eigenvalue weighted by atomic mass is 10.0. The van der Waals surface area contributed by atoms with Gasteiger partial charge in [0.25, 0.3) is 5.56 Å². The van der Waals surface area contributed by atoms with Crippen LogP contribution in [0.5, 0.6) is 0 Å². The number of hydrogen-bond acceptors (Lipinski definition) is 5. The molecule has 0 unspecified atom stereocenters. The molecular weight excluding hydrogens is 304 g/mol. The van der Waals surface area contributed by atoms with Gasteiger partial charge in [-0.15, -0.1) is 11.8 Å². The molecule has 0 fully saturated rings. The van der Waals surface area contributed by atoms with Gasteiger partial charge in [-0.05, 0) is 11.5 Å². The van der Waals surface area contributed by atoms with Crippen LogP contribution in [0, 0.1) is 0 Å². The molecule has 0 saturated carbocycles. The highest BCUT2D eigenvalue weighted by Gasteiger charge is 2.19. The van der Waals surface area contributed by atoms with Gasteiger partial charge in [0.1, 0.15) is 5.65 Å². The lowest BCUT2D eigenvalue weighted by Crippen LogP contribution is -2.37. The van der Waals surface area contributed by atoms with E-state index in [1.165, 1.54) is 23.4 Å². The van der Waals surface area contributed by atoms with Crippen molar-refractivity contribution in [3.63, 3.8) is 0 Å². The van der Waals surface area contributed by atoms with E-state index in [-0.39, 0.29) is 11.7 Å². The number of hydrogen-bond donors (Lipinski definition) is 1. The van der Waals surface area contributed by atoms with Crippen molar-refractivity contribution in [2.24, 2.45) is 19.8 Å². The van der Waals surface area contributed by atoms with Gasteiger partial charge in [0.15, 0.2) is 0 Å². The van der Waals surface area contributed by atoms with Crippen LogP contribution in [-0.2, 0) is 18.9 Å². The molecule has 8 heteroatoms. The highest BCUT2D eigenvalue weighted by Crippen LogP contribution is 2.32. The van der Waals surface area contributed by atoms with Crippen molar-refractivity contribution < 1.29 is 4.79 Å². The summed E-state index contributed by atoms with van der Waals surface area (Å²) in [5.41, 5.74) is 5.53. The number of thioether (sulfide) groups is 1. The van der Waals surface area contributed by atoms with Gasteiger partial charge in [-0.1, -0.05) is 13.8 Å².